The van der Waals surface area contributed by atoms with Gasteiger partial charge in [0.25, 0.3) is 5.91 Å². The van der Waals surface area contributed by atoms with E-state index in [1.54, 1.807) is 36.4 Å². The van der Waals surface area contributed by atoms with Crippen LogP contribution >= 0.6 is 27.3 Å². The zero-order valence-electron chi connectivity index (χ0n) is 31.7. The number of nitrogens with two attached hydrogens (primary N) is 2. The van der Waals surface area contributed by atoms with Gasteiger partial charge < -0.3 is 42.5 Å². The standard InChI is InChI=1S/C38H44BrN7O11S2/c1-22(43-36(51)30-15-16-31(39)58-30)34(49)46-28(20-25-9-7-23(8-10-25)5-6-24-11-13-26(14-12-24)59(41,56)57)35(50)42-19-17-32(47)45-29(38(54)55)21-33(48)44-27(37(52)53)4-2-3-18-40/h7-16,22,27-29H,2-4,17-21,40H2,1H3,(H,42,50)(H,43,51)(H,44,48)(H,45,47)(H,46,49)(H,52,53)(H,54,55)(H2,41,56,57)/t22?,27-,28-,29-/m1/s1. The molecule has 21 heteroatoms. The molecule has 1 unspecified atom stereocenters. The highest BCUT2D eigenvalue weighted by atomic mass is 79.9. The number of nitrogens with one attached hydrogen (secondary N) is 5. The second-order valence-corrected chi connectivity index (χ2v) is 17.1. The van der Waals surface area contributed by atoms with Crippen LogP contribution in [0.1, 0.15) is 65.4 Å². The van der Waals surface area contributed by atoms with Crippen molar-refractivity contribution in [3.05, 3.63) is 86.0 Å². The maximum absolute atomic E-state index is 13.5. The molecule has 0 aliphatic rings. The van der Waals surface area contributed by atoms with Gasteiger partial charge in [-0.2, -0.15) is 0 Å². The summed E-state index contributed by atoms with van der Waals surface area (Å²) in [5.41, 5.74) is 7.13. The van der Waals surface area contributed by atoms with Crippen molar-refractivity contribution in [1.29, 1.82) is 0 Å². The molecule has 1 aromatic heterocycles. The number of unbranched alkanes of at least 4 members (excludes halogenated alkanes) is 1. The van der Waals surface area contributed by atoms with Crippen molar-refractivity contribution >= 4 is 78.8 Å². The van der Waals surface area contributed by atoms with E-state index in [2.05, 4.69) is 54.4 Å². The smallest absolute Gasteiger partial charge is 0.326 e. The molecule has 0 spiro atoms. The number of primary sulfonamides is 1. The number of carbonyl (C=O) groups is 7. The summed E-state index contributed by atoms with van der Waals surface area (Å²) in [4.78, 5) is 88.2. The monoisotopic (exact) mass is 917 g/mol. The molecule has 2 aromatic carbocycles. The van der Waals surface area contributed by atoms with Crippen LogP contribution in [0.15, 0.2) is 69.3 Å². The fourth-order valence-corrected chi connectivity index (χ4v) is 6.99. The van der Waals surface area contributed by atoms with Crippen molar-refractivity contribution in [2.45, 2.75) is 74.5 Å². The number of carbonyl (C=O) groups excluding carboxylic acids is 5. The van der Waals surface area contributed by atoms with Gasteiger partial charge >= 0.3 is 11.9 Å². The molecule has 0 aliphatic heterocycles. The first-order valence-corrected chi connectivity index (χ1v) is 21.1. The Kier molecular flexibility index (Phi) is 18.7. The number of thiophene rings is 1. The topological polar surface area (TPSA) is 306 Å². The van der Waals surface area contributed by atoms with E-state index in [0.717, 1.165) is 11.3 Å². The van der Waals surface area contributed by atoms with Gasteiger partial charge in [0.2, 0.25) is 33.7 Å². The maximum Gasteiger partial charge on any atom is 0.326 e. The third-order valence-corrected chi connectivity index (χ3v) is 10.9. The molecule has 1 heterocycles. The highest BCUT2D eigenvalue weighted by molar-refractivity contribution is 9.11. The van der Waals surface area contributed by atoms with Gasteiger partial charge in [-0.25, -0.2) is 23.1 Å². The Balaban J connectivity index is 1.66. The maximum atomic E-state index is 13.5. The summed E-state index contributed by atoms with van der Waals surface area (Å²) in [5.74, 6) is -0.630. The van der Waals surface area contributed by atoms with Crippen molar-refractivity contribution < 1.29 is 52.2 Å². The lowest BCUT2D eigenvalue weighted by Gasteiger charge is -2.21. The van der Waals surface area contributed by atoms with Gasteiger partial charge in [0.1, 0.15) is 24.2 Å². The molecule has 0 aliphatic carbocycles. The van der Waals surface area contributed by atoms with Crippen LogP contribution in [0, 0.1) is 11.8 Å². The van der Waals surface area contributed by atoms with E-state index in [1.807, 2.05) is 0 Å². The van der Waals surface area contributed by atoms with Crippen LogP contribution in [0.25, 0.3) is 0 Å². The molecular weight excluding hydrogens is 874 g/mol. The Morgan fingerprint density at radius 2 is 1.36 bits per heavy atom. The molecule has 0 bridgehead atoms. The lowest BCUT2D eigenvalue weighted by molar-refractivity contribution is -0.144. The normalized spacial score (nSPS) is 12.9. The molecule has 5 amide bonds. The predicted molar refractivity (Wildman–Crippen MR) is 219 cm³/mol. The van der Waals surface area contributed by atoms with E-state index in [0.29, 0.717) is 44.7 Å². The van der Waals surface area contributed by atoms with Crippen molar-refractivity contribution in [2.24, 2.45) is 10.9 Å². The zero-order valence-corrected chi connectivity index (χ0v) is 34.9. The van der Waals surface area contributed by atoms with Gasteiger partial charge in [-0.15, -0.1) is 11.3 Å². The van der Waals surface area contributed by atoms with Crippen molar-refractivity contribution in [2.75, 3.05) is 13.1 Å². The lowest BCUT2D eigenvalue weighted by Crippen LogP contribution is -2.54. The first-order valence-electron chi connectivity index (χ1n) is 18.0. The summed E-state index contributed by atoms with van der Waals surface area (Å²) < 4.78 is 23.7. The number of aliphatic carboxylic acids is 2. The molecule has 4 atom stereocenters. The Hall–Kier alpha value is -5.66. The lowest BCUT2D eigenvalue weighted by atomic mass is 10.0. The van der Waals surface area contributed by atoms with E-state index in [-0.39, 0.29) is 24.3 Å². The number of sulfonamides is 1. The van der Waals surface area contributed by atoms with Crippen molar-refractivity contribution in [3.63, 3.8) is 0 Å². The van der Waals surface area contributed by atoms with Crippen molar-refractivity contribution in [1.82, 2.24) is 26.6 Å². The SMILES string of the molecule is CC(NC(=O)c1ccc(Br)s1)C(=O)N[C@H](Cc1ccc(C#Cc2ccc(S(N)(=O)=O)cc2)cc1)C(=O)NCCC(=O)N[C@H](CC(=O)N[C@H](CCCCN)C(=O)O)C(=O)O. The molecular formula is C38H44BrN7O11S2. The van der Waals surface area contributed by atoms with E-state index >= 15 is 0 Å². The van der Waals surface area contributed by atoms with Gasteiger partial charge in [-0.1, -0.05) is 24.0 Å². The van der Waals surface area contributed by atoms with Crippen LogP contribution in [0.3, 0.4) is 0 Å². The van der Waals surface area contributed by atoms with Crippen LogP contribution in [-0.4, -0.2) is 97.4 Å². The summed E-state index contributed by atoms with van der Waals surface area (Å²) in [6, 6.07) is 10.4. The molecule has 0 saturated heterocycles. The van der Waals surface area contributed by atoms with Gasteiger partial charge in [0.15, 0.2) is 0 Å². The Morgan fingerprint density at radius 3 is 1.90 bits per heavy atom. The number of carboxylic acid groups (broad SMARTS) is 2. The molecule has 316 valence electrons. The van der Waals surface area contributed by atoms with E-state index in [1.165, 1.54) is 31.2 Å². The third kappa shape index (κ3) is 16.6. The summed E-state index contributed by atoms with van der Waals surface area (Å²) in [5, 5.41) is 36.3. The molecule has 3 rings (SSSR count). The second kappa shape index (κ2) is 23.1. The minimum Gasteiger partial charge on any atom is -0.480 e. The number of hydrogen-bond acceptors (Lipinski definition) is 11. The average Bonchev–Trinajstić information content (AvgIpc) is 3.62. The van der Waals surface area contributed by atoms with Gasteiger partial charge in [0.05, 0.1) is 20.0 Å². The Morgan fingerprint density at radius 1 is 0.763 bits per heavy atom. The minimum atomic E-state index is -3.85. The van der Waals surface area contributed by atoms with Crippen LogP contribution < -0.4 is 37.5 Å². The van der Waals surface area contributed by atoms with Crippen molar-refractivity contribution in [3.8, 4) is 11.8 Å². The summed E-state index contributed by atoms with van der Waals surface area (Å²) >= 11 is 4.45. The molecule has 18 nitrogen and oxygen atoms in total. The molecule has 59 heavy (non-hydrogen) atoms. The quantitative estimate of drug-likeness (QED) is 0.0524. The van der Waals surface area contributed by atoms with E-state index in [9.17, 15) is 52.2 Å². The number of carboxylic acids is 2. The number of rotatable bonds is 21. The van der Waals surface area contributed by atoms with E-state index in [4.69, 9.17) is 10.9 Å². The summed E-state index contributed by atoms with van der Waals surface area (Å²) in [7, 11) is -3.85. The van der Waals surface area contributed by atoms with Crippen LogP contribution in [0.4, 0.5) is 0 Å². The van der Waals surface area contributed by atoms with Crippen LogP contribution in [0.5, 0.6) is 0 Å². The second-order valence-electron chi connectivity index (χ2n) is 13.0. The van der Waals surface area contributed by atoms with Crippen LogP contribution in [-0.2, 0) is 45.2 Å². The number of amides is 5. The summed E-state index contributed by atoms with van der Waals surface area (Å²) in [6.07, 6.45) is -0.187. The molecule has 0 saturated carbocycles. The third-order valence-electron chi connectivity index (χ3n) is 8.35. The number of halogens is 1. The molecule has 0 fully saturated rings. The number of hydrogen-bond donors (Lipinski definition) is 9. The highest BCUT2D eigenvalue weighted by Crippen LogP contribution is 2.22. The molecule has 0 radical (unpaired) electrons. The minimum absolute atomic E-state index is 0.0369. The largest absolute Gasteiger partial charge is 0.480 e. The number of benzene rings is 2. The molecule has 11 N–H and O–H groups in total. The first-order chi connectivity index (χ1) is 27.9. The van der Waals surface area contributed by atoms with Gasteiger partial charge in [-0.3, -0.25) is 24.0 Å². The molecule has 3 aromatic rings. The summed E-state index contributed by atoms with van der Waals surface area (Å²) in [6.45, 7) is 1.47. The fourth-order valence-electron chi connectivity index (χ4n) is 5.19. The Labute approximate surface area is 352 Å². The van der Waals surface area contributed by atoms with E-state index < -0.39 is 88.5 Å². The average molecular weight is 919 g/mol. The van der Waals surface area contributed by atoms with Crippen LogP contribution in [0.2, 0.25) is 0 Å². The van der Waals surface area contributed by atoms with Gasteiger partial charge in [0, 0.05) is 30.5 Å². The highest BCUT2D eigenvalue weighted by Gasteiger charge is 2.28. The Bertz CT molecular complexity index is 2170. The van der Waals surface area contributed by atoms with Gasteiger partial charge in [-0.05, 0) is 103 Å². The first kappa shape index (κ1) is 47.7. The predicted octanol–water partition coefficient (Wildman–Crippen LogP) is 0.568. The zero-order chi connectivity index (χ0) is 43.7. The fraction of sp³-hybridized carbons (Fsp3) is 0.342.